The molecule has 32 heavy (non-hydrogen) atoms. The molecule has 4 N–H and O–H groups in total. The summed E-state index contributed by atoms with van der Waals surface area (Å²) in [5, 5.41) is 6.80. The van der Waals surface area contributed by atoms with Crippen molar-refractivity contribution in [2.24, 2.45) is 0 Å². The number of halogens is 3. The van der Waals surface area contributed by atoms with Gasteiger partial charge in [0.05, 0.1) is 16.6 Å². The maximum atomic E-state index is 13.1. The van der Waals surface area contributed by atoms with Gasteiger partial charge in [-0.25, -0.2) is 9.97 Å². The number of aryl methyl sites for hydroxylation is 1. The Balaban J connectivity index is 1.69. The van der Waals surface area contributed by atoms with Gasteiger partial charge in [0.1, 0.15) is 11.6 Å². The molecule has 7 nitrogen and oxygen atoms in total. The number of carbonyl (C=O) groups is 1. The van der Waals surface area contributed by atoms with Gasteiger partial charge in [-0.1, -0.05) is 0 Å². The minimum atomic E-state index is -4.48. The van der Waals surface area contributed by atoms with E-state index >= 15 is 0 Å². The first kappa shape index (κ1) is 21.7. The van der Waals surface area contributed by atoms with Crippen LogP contribution in [0.5, 0.6) is 0 Å². The fourth-order valence-electron chi connectivity index (χ4n) is 3.67. The van der Waals surface area contributed by atoms with Gasteiger partial charge in [-0.2, -0.15) is 13.2 Å². The van der Waals surface area contributed by atoms with Crippen molar-refractivity contribution in [3.05, 3.63) is 52.8 Å². The summed E-state index contributed by atoms with van der Waals surface area (Å²) < 4.78 is 39.3. The topological polar surface area (TPSA) is 96.2 Å². The Hall–Kier alpha value is -3.56. The summed E-state index contributed by atoms with van der Waals surface area (Å²) in [6.07, 6.45) is -3.49. The van der Waals surface area contributed by atoms with Crippen LogP contribution in [0.3, 0.4) is 0 Å². The van der Waals surface area contributed by atoms with Crippen LogP contribution >= 0.6 is 0 Å². The SMILES string of the molecule is CNc1cc2c(NCc3cc(N)cc(C(F)(F)F)c3)nc(C)nc2cc1C(=O)N1CCC1. The molecular formula is C22H23F3N6O. The number of likely N-dealkylation sites (tertiary alicyclic amines) is 1. The van der Waals surface area contributed by atoms with Crippen LogP contribution in [0.4, 0.5) is 30.4 Å². The summed E-state index contributed by atoms with van der Waals surface area (Å²) in [7, 11) is 1.72. The largest absolute Gasteiger partial charge is 0.416 e. The van der Waals surface area contributed by atoms with Crippen LogP contribution in [0.15, 0.2) is 30.3 Å². The molecule has 10 heteroatoms. The number of alkyl halides is 3. The normalized spacial score (nSPS) is 13.7. The first-order valence-electron chi connectivity index (χ1n) is 10.2. The Morgan fingerprint density at radius 3 is 2.53 bits per heavy atom. The lowest BCUT2D eigenvalue weighted by atomic mass is 10.1. The smallest absolute Gasteiger partial charge is 0.399 e. The van der Waals surface area contributed by atoms with Gasteiger partial charge < -0.3 is 21.3 Å². The number of benzene rings is 2. The van der Waals surface area contributed by atoms with Crippen LogP contribution in [-0.4, -0.2) is 40.9 Å². The Morgan fingerprint density at radius 1 is 1.16 bits per heavy atom. The van der Waals surface area contributed by atoms with Crippen LogP contribution in [0, 0.1) is 6.92 Å². The Bertz CT molecular complexity index is 1190. The molecule has 0 spiro atoms. The number of hydrogen-bond acceptors (Lipinski definition) is 6. The van der Waals surface area contributed by atoms with E-state index in [4.69, 9.17) is 5.73 Å². The van der Waals surface area contributed by atoms with Crippen LogP contribution in [0.25, 0.3) is 10.9 Å². The van der Waals surface area contributed by atoms with Gasteiger partial charge in [-0.15, -0.1) is 0 Å². The third-order valence-electron chi connectivity index (χ3n) is 5.39. The van der Waals surface area contributed by atoms with E-state index in [2.05, 4.69) is 20.6 Å². The summed E-state index contributed by atoms with van der Waals surface area (Å²) in [5.41, 5.74) is 7.00. The number of aromatic nitrogens is 2. The van der Waals surface area contributed by atoms with Crippen molar-refractivity contribution in [3.8, 4) is 0 Å². The highest BCUT2D eigenvalue weighted by Gasteiger charge is 2.31. The molecule has 0 atom stereocenters. The predicted molar refractivity (Wildman–Crippen MR) is 118 cm³/mol. The third kappa shape index (κ3) is 4.25. The Morgan fingerprint density at radius 2 is 1.91 bits per heavy atom. The monoisotopic (exact) mass is 444 g/mol. The van der Waals surface area contributed by atoms with Crippen molar-refractivity contribution in [1.29, 1.82) is 0 Å². The molecule has 0 aliphatic carbocycles. The summed E-state index contributed by atoms with van der Waals surface area (Å²) in [4.78, 5) is 23.4. The maximum absolute atomic E-state index is 13.1. The van der Waals surface area contributed by atoms with Crippen molar-refractivity contribution < 1.29 is 18.0 Å². The lowest BCUT2D eigenvalue weighted by molar-refractivity contribution is -0.137. The molecule has 0 radical (unpaired) electrons. The Kier molecular flexibility index (Phi) is 5.53. The molecule has 0 unspecified atom stereocenters. The number of nitrogens with zero attached hydrogens (tertiary/aromatic N) is 3. The van der Waals surface area contributed by atoms with E-state index in [1.807, 2.05) is 0 Å². The summed E-state index contributed by atoms with van der Waals surface area (Å²) in [5.74, 6) is 0.874. The molecule has 1 fully saturated rings. The number of rotatable bonds is 5. The van der Waals surface area contributed by atoms with Crippen molar-refractivity contribution >= 4 is 34.0 Å². The summed E-state index contributed by atoms with van der Waals surface area (Å²) >= 11 is 0. The van der Waals surface area contributed by atoms with E-state index in [9.17, 15) is 18.0 Å². The molecule has 1 aliphatic heterocycles. The molecule has 1 amide bonds. The van der Waals surface area contributed by atoms with Crippen molar-refractivity contribution in [2.75, 3.05) is 36.5 Å². The molecule has 168 valence electrons. The van der Waals surface area contributed by atoms with Crippen LogP contribution in [0.2, 0.25) is 0 Å². The van der Waals surface area contributed by atoms with Gasteiger partial charge >= 0.3 is 6.18 Å². The molecule has 2 aromatic carbocycles. The summed E-state index contributed by atoms with van der Waals surface area (Å²) in [6.45, 7) is 3.27. The van der Waals surface area contributed by atoms with Gasteiger partial charge in [0, 0.05) is 43.4 Å². The fourth-order valence-corrected chi connectivity index (χ4v) is 3.67. The molecular weight excluding hydrogens is 421 g/mol. The van der Waals surface area contributed by atoms with E-state index in [1.165, 1.54) is 6.07 Å². The molecule has 2 heterocycles. The van der Waals surface area contributed by atoms with E-state index in [0.717, 1.165) is 31.6 Å². The zero-order chi connectivity index (χ0) is 23.0. The number of carbonyl (C=O) groups excluding carboxylic acids is 1. The Labute approximate surface area is 182 Å². The predicted octanol–water partition coefficient (Wildman–Crippen LogP) is 4.04. The van der Waals surface area contributed by atoms with Gasteiger partial charge in [0.2, 0.25) is 0 Å². The molecule has 1 saturated heterocycles. The summed E-state index contributed by atoms with van der Waals surface area (Å²) in [6, 6.07) is 6.96. The minimum Gasteiger partial charge on any atom is -0.399 e. The molecule has 1 aromatic heterocycles. The highest BCUT2D eigenvalue weighted by molar-refractivity contribution is 6.05. The standard InChI is InChI=1S/C22H23F3N6O/c1-12-29-19-10-17(21(32)31-4-3-5-31)18(27-2)9-16(19)20(30-12)28-11-13-6-14(22(23,24)25)8-15(26)7-13/h6-10,27H,3-5,11,26H2,1-2H3,(H,28,29,30). The van der Waals surface area contributed by atoms with E-state index < -0.39 is 11.7 Å². The highest BCUT2D eigenvalue weighted by atomic mass is 19.4. The van der Waals surface area contributed by atoms with Crippen molar-refractivity contribution in [1.82, 2.24) is 14.9 Å². The average molecular weight is 444 g/mol. The number of nitrogen functional groups attached to an aromatic ring is 1. The number of fused-ring (bicyclic) bond motifs is 1. The van der Waals surface area contributed by atoms with Crippen molar-refractivity contribution in [3.63, 3.8) is 0 Å². The van der Waals surface area contributed by atoms with E-state index in [1.54, 1.807) is 31.0 Å². The number of amides is 1. The molecule has 0 saturated carbocycles. The second-order valence-electron chi connectivity index (χ2n) is 7.74. The quantitative estimate of drug-likeness (QED) is 0.514. The zero-order valence-corrected chi connectivity index (χ0v) is 17.7. The molecule has 0 bridgehead atoms. The first-order chi connectivity index (χ1) is 15.2. The van der Waals surface area contributed by atoms with Crippen LogP contribution in [-0.2, 0) is 12.7 Å². The van der Waals surface area contributed by atoms with Crippen LogP contribution < -0.4 is 16.4 Å². The number of hydrogen-bond donors (Lipinski definition) is 3. The second kappa shape index (κ2) is 8.18. The van der Waals surface area contributed by atoms with Crippen molar-refractivity contribution in [2.45, 2.75) is 26.1 Å². The lowest BCUT2D eigenvalue weighted by Crippen LogP contribution is -2.42. The molecule has 1 aliphatic rings. The third-order valence-corrected chi connectivity index (χ3v) is 5.39. The highest BCUT2D eigenvalue weighted by Crippen LogP contribution is 2.32. The molecule has 3 aromatic rings. The van der Waals surface area contributed by atoms with Gasteiger partial charge in [-0.3, -0.25) is 4.79 Å². The minimum absolute atomic E-state index is 0.0342. The van der Waals surface area contributed by atoms with Gasteiger partial charge in [0.15, 0.2) is 0 Å². The van der Waals surface area contributed by atoms with E-state index in [-0.39, 0.29) is 18.1 Å². The maximum Gasteiger partial charge on any atom is 0.416 e. The number of nitrogens with two attached hydrogens (primary N) is 1. The first-order valence-corrected chi connectivity index (χ1v) is 10.2. The zero-order valence-electron chi connectivity index (χ0n) is 17.7. The number of nitrogens with one attached hydrogen (secondary N) is 2. The fraction of sp³-hybridized carbons (Fsp3) is 0.318. The van der Waals surface area contributed by atoms with Gasteiger partial charge in [0.25, 0.3) is 5.91 Å². The van der Waals surface area contributed by atoms with Crippen LogP contribution in [0.1, 0.15) is 33.7 Å². The lowest BCUT2D eigenvalue weighted by Gasteiger charge is -2.31. The average Bonchev–Trinajstić information content (AvgIpc) is 2.68. The van der Waals surface area contributed by atoms with E-state index in [0.29, 0.717) is 39.4 Å². The molecule has 4 rings (SSSR count). The van der Waals surface area contributed by atoms with Gasteiger partial charge in [-0.05, 0) is 49.2 Å². The number of anilines is 3. The second-order valence-corrected chi connectivity index (χ2v) is 7.74.